The molecule has 4 N–H and O–H groups in total. The minimum absolute atomic E-state index is 0.0152. The molecule has 0 spiro atoms. The highest BCUT2D eigenvalue weighted by Crippen LogP contribution is 2.27. The SMILES string of the molecule is COC(=O)CC(O)C(O)c1c(N)cccc1F. The van der Waals surface area contributed by atoms with Gasteiger partial charge in [-0.05, 0) is 12.1 Å². The molecular formula is C11H14FNO4. The first-order chi connectivity index (χ1) is 7.97. The van der Waals surface area contributed by atoms with Gasteiger partial charge in [-0.15, -0.1) is 0 Å². The molecule has 1 aromatic carbocycles. The smallest absolute Gasteiger partial charge is 0.308 e. The zero-order valence-corrected chi connectivity index (χ0v) is 9.26. The highest BCUT2D eigenvalue weighted by Gasteiger charge is 2.25. The molecule has 0 aliphatic carbocycles. The third-order valence-electron chi connectivity index (χ3n) is 2.35. The molecule has 0 heterocycles. The van der Waals surface area contributed by atoms with Gasteiger partial charge < -0.3 is 20.7 Å². The van der Waals surface area contributed by atoms with Crippen LogP contribution in [0.5, 0.6) is 0 Å². The van der Waals surface area contributed by atoms with Gasteiger partial charge in [0.2, 0.25) is 0 Å². The fourth-order valence-corrected chi connectivity index (χ4v) is 1.42. The van der Waals surface area contributed by atoms with E-state index in [9.17, 15) is 19.4 Å². The molecule has 2 atom stereocenters. The number of aliphatic hydroxyl groups excluding tert-OH is 2. The lowest BCUT2D eigenvalue weighted by atomic mass is 10.00. The van der Waals surface area contributed by atoms with Crippen molar-refractivity contribution in [2.45, 2.75) is 18.6 Å². The normalized spacial score (nSPS) is 14.1. The Bertz CT molecular complexity index is 390. The van der Waals surface area contributed by atoms with Gasteiger partial charge in [0.15, 0.2) is 0 Å². The number of ether oxygens (including phenoxy) is 1. The maximum Gasteiger partial charge on any atom is 0.308 e. The predicted octanol–water partition coefficient (Wildman–Crippen LogP) is 0.365. The Morgan fingerprint density at radius 2 is 2.18 bits per heavy atom. The van der Waals surface area contributed by atoms with Crippen LogP contribution in [0.25, 0.3) is 0 Å². The van der Waals surface area contributed by atoms with Gasteiger partial charge in [0, 0.05) is 11.3 Å². The van der Waals surface area contributed by atoms with Crippen molar-refractivity contribution >= 4 is 11.7 Å². The third kappa shape index (κ3) is 3.15. The molecule has 2 unspecified atom stereocenters. The predicted molar refractivity (Wildman–Crippen MR) is 58.4 cm³/mol. The number of methoxy groups -OCH3 is 1. The van der Waals surface area contributed by atoms with Crippen molar-refractivity contribution in [3.63, 3.8) is 0 Å². The fraction of sp³-hybridized carbons (Fsp3) is 0.364. The van der Waals surface area contributed by atoms with Gasteiger partial charge in [0.25, 0.3) is 0 Å². The number of hydrogen-bond acceptors (Lipinski definition) is 5. The lowest BCUT2D eigenvalue weighted by Crippen LogP contribution is -2.24. The van der Waals surface area contributed by atoms with Crippen LogP contribution in [0.3, 0.4) is 0 Å². The highest BCUT2D eigenvalue weighted by atomic mass is 19.1. The van der Waals surface area contributed by atoms with E-state index in [1.165, 1.54) is 12.1 Å². The maximum atomic E-state index is 13.4. The van der Waals surface area contributed by atoms with E-state index in [-0.39, 0.29) is 11.3 Å². The molecule has 0 aliphatic heterocycles. The van der Waals surface area contributed by atoms with E-state index in [1.54, 1.807) is 0 Å². The summed E-state index contributed by atoms with van der Waals surface area (Å²) in [5.41, 5.74) is 5.29. The molecule has 0 aliphatic rings. The maximum absolute atomic E-state index is 13.4. The minimum atomic E-state index is -1.57. The molecule has 17 heavy (non-hydrogen) atoms. The summed E-state index contributed by atoms with van der Waals surface area (Å²) in [5, 5.41) is 19.3. The molecule has 6 heteroatoms. The van der Waals surface area contributed by atoms with Crippen LogP contribution < -0.4 is 5.73 Å². The summed E-state index contributed by atoms with van der Waals surface area (Å²) in [5.74, 6) is -1.44. The van der Waals surface area contributed by atoms with Crippen molar-refractivity contribution in [2.24, 2.45) is 0 Å². The van der Waals surface area contributed by atoms with E-state index in [0.717, 1.165) is 13.2 Å². The van der Waals surface area contributed by atoms with E-state index in [4.69, 9.17) is 5.73 Å². The quantitative estimate of drug-likeness (QED) is 0.524. The van der Waals surface area contributed by atoms with Crippen molar-refractivity contribution in [3.8, 4) is 0 Å². The largest absolute Gasteiger partial charge is 0.469 e. The van der Waals surface area contributed by atoms with E-state index in [1.807, 2.05) is 0 Å². The Kier molecular flexibility index (Phi) is 4.42. The first-order valence-electron chi connectivity index (χ1n) is 4.94. The number of halogens is 1. The number of carbonyl (C=O) groups is 1. The molecular weight excluding hydrogens is 229 g/mol. The van der Waals surface area contributed by atoms with Gasteiger partial charge in [0.1, 0.15) is 11.9 Å². The summed E-state index contributed by atoms with van der Waals surface area (Å²) in [6.07, 6.45) is -3.48. The second kappa shape index (κ2) is 5.60. The van der Waals surface area contributed by atoms with Crippen LogP contribution in [0.1, 0.15) is 18.1 Å². The van der Waals surface area contributed by atoms with E-state index >= 15 is 0 Å². The minimum Gasteiger partial charge on any atom is -0.469 e. The second-order valence-corrected chi connectivity index (χ2v) is 3.54. The van der Waals surface area contributed by atoms with Crippen LogP contribution in [0.15, 0.2) is 18.2 Å². The third-order valence-corrected chi connectivity index (χ3v) is 2.35. The van der Waals surface area contributed by atoms with Crippen LogP contribution >= 0.6 is 0 Å². The zero-order chi connectivity index (χ0) is 13.0. The van der Waals surface area contributed by atoms with Gasteiger partial charge >= 0.3 is 5.97 Å². The summed E-state index contributed by atoms with van der Waals surface area (Å²) in [6.45, 7) is 0. The van der Waals surface area contributed by atoms with Gasteiger partial charge in [0.05, 0.1) is 19.6 Å². The summed E-state index contributed by atoms with van der Waals surface area (Å²) < 4.78 is 17.7. The molecule has 0 saturated heterocycles. The fourth-order valence-electron chi connectivity index (χ4n) is 1.42. The van der Waals surface area contributed by atoms with E-state index < -0.39 is 30.4 Å². The Labute approximate surface area is 97.6 Å². The number of benzene rings is 1. The molecule has 0 radical (unpaired) electrons. The second-order valence-electron chi connectivity index (χ2n) is 3.54. The molecule has 0 saturated carbocycles. The molecule has 1 rings (SSSR count). The van der Waals surface area contributed by atoms with E-state index in [2.05, 4.69) is 4.74 Å². The topological polar surface area (TPSA) is 92.8 Å². The number of nitrogens with two attached hydrogens (primary N) is 1. The lowest BCUT2D eigenvalue weighted by molar-refractivity contribution is -0.144. The standard InChI is InChI=1S/C11H14FNO4/c1-17-9(15)5-8(14)11(16)10-6(12)3-2-4-7(10)13/h2-4,8,11,14,16H,5,13H2,1H3. The number of aliphatic hydroxyl groups is 2. The molecule has 5 nitrogen and oxygen atoms in total. The van der Waals surface area contributed by atoms with Crippen LogP contribution in [-0.2, 0) is 9.53 Å². The van der Waals surface area contributed by atoms with Gasteiger partial charge in [-0.2, -0.15) is 0 Å². The number of rotatable bonds is 4. The van der Waals surface area contributed by atoms with Crippen molar-refractivity contribution < 1.29 is 24.1 Å². The van der Waals surface area contributed by atoms with Gasteiger partial charge in [-0.25, -0.2) is 4.39 Å². The molecule has 94 valence electrons. The highest BCUT2D eigenvalue weighted by molar-refractivity contribution is 5.70. The van der Waals surface area contributed by atoms with Crippen molar-refractivity contribution in [3.05, 3.63) is 29.6 Å². The monoisotopic (exact) mass is 243 g/mol. The number of anilines is 1. The van der Waals surface area contributed by atoms with Crippen molar-refractivity contribution in [1.29, 1.82) is 0 Å². The molecule has 0 fully saturated rings. The average Bonchev–Trinajstić information content (AvgIpc) is 2.28. The number of carbonyl (C=O) groups excluding carboxylic acids is 1. The Morgan fingerprint density at radius 1 is 1.53 bits per heavy atom. The van der Waals surface area contributed by atoms with Crippen LogP contribution in [0.4, 0.5) is 10.1 Å². The first-order valence-corrected chi connectivity index (χ1v) is 4.94. The Morgan fingerprint density at radius 3 is 2.71 bits per heavy atom. The lowest BCUT2D eigenvalue weighted by Gasteiger charge is -2.19. The average molecular weight is 243 g/mol. The number of nitrogen functional groups attached to an aromatic ring is 1. The summed E-state index contributed by atoms with van der Waals surface area (Å²) in [6, 6.07) is 3.89. The summed E-state index contributed by atoms with van der Waals surface area (Å²) >= 11 is 0. The first kappa shape index (κ1) is 13.4. The molecule has 0 amide bonds. The number of esters is 1. The molecule has 1 aromatic rings. The van der Waals surface area contributed by atoms with E-state index in [0.29, 0.717) is 0 Å². The summed E-state index contributed by atoms with van der Waals surface area (Å²) in [4.78, 5) is 10.9. The van der Waals surface area contributed by atoms with Crippen LogP contribution in [0.2, 0.25) is 0 Å². The Hall–Kier alpha value is -1.66. The van der Waals surface area contributed by atoms with Gasteiger partial charge in [-0.1, -0.05) is 6.07 Å². The Balaban J connectivity index is 2.88. The van der Waals surface area contributed by atoms with Crippen molar-refractivity contribution in [1.82, 2.24) is 0 Å². The van der Waals surface area contributed by atoms with Crippen LogP contribution in [0, 0.1) is 5.82 Å². The zero-order valence-electron chi connectivity index (χ0n) is 9.26. The molecule has 0 aromatic heterocycles. The van der Waals surface area contributed by atoms with Gasteiger partial charge in [-0.3, -0.25) is 4.79 Å². The molecule has 0 bridgehead atoms. The van der Waals surface area contributed by atoms with Crippen molar-refractivity contribution in [2.75, 3.05) is 12.8 Å². The number of hydrogen-bond donors (Lipinski definition) is 3. The van der Waals surface area contributed by atoms with Crippen LogP contribution in [-0.4, -0.2) is 29.4 Å². The summed E-state index contributed by atoms with van der Waals surface area (Å²) in [7, 11) is 1.15.